The second kappa shape index (κ2) is 7.62. The molecule has 2 unspecified atom stereocenters. The summed E-state index contributed by atoms with van der Waals surface area (Å²) >= 11 is 0. The van der Waals surface area contributed by atoms with Crippen molar-refractivity contribution in [2.45, 2.75) is 32.4 Å². The maximum atomic E-state index is 9.59. The Morgan fingerprint density at radius 1 is 1.45 bits per heavy atom. The van der Waals surface area contributed by atoms with Crippen LogP contribution in [0.4, 0.5) is 0 Å². The van der Waals surface area contributed by atoms with Crippen molar-refractivity contribution in [1.82, 2.24) is 10.2 Å². The van der Waals surface area contributed by atoms with Crippen LogP contribution in [0.2, 0.25) is 0 Å². The van der Waals surface area contributed by atoms with Crippen LogP contribution in [0.3, 0.4) is 0 Å². The smallest absolute Gasteiger partial charge is 0.115 e. The zero-order valence-corrected chi connectivity index (χ0v) is 12.5. The SMILES string of the molecule is CCNC(Cc1cccc(O)c1)C1CN(CC)CCO1. The molecule has 1 aromatic carbocycles. The zero-order valence-electron chi connectivity index (χ0n) is 12.5. The third-order valence-electron chi connectivity index (χ3n) is 3.91. The van der Waals surface area contributed by atoms with Gasteiger partial charge >= 0.3 is 0 Å². The fourth-order valence-electron chi connectivity index (χ4n) is 2.80. The summed E-state index contributed by atoms with van der Waals surface area (Å²) in [7, 11) is 0. The first-order valence-corrected chi connectivity index (χ1v) is 7.58. The first-order valence-electron chi connectivity index (χ1n) is 7.58. The van der Waals surface area contributed by atoms with Gasteiger partial charge in [0.1, 0.15) is 5.75 Å². The fraction of sp³-hybridized carbons (Fsp3) is 0.625. The average molecular weight is 278 g/mol. The molecular weight excluding hydrogens is 252 g/mol. The Balaban J connectivity index is 2.02. The maximum Gasteiger partial charge on any atom is 0.115 e. The average Bonchev–Trinajstić information content (AvgIpc) is 2.47. The van der Waals surface area contributed by atoms with Crippen molar-refractivity contribution in [1.29, 1.82) is 0 Å². The number of phenols is 1. The summed E-state index contributed by atoms with van der Waals surface area (Å²) in [4.78, 5) is 2.43. The van der Waals surface area contributed by atoms with Crippen molar-refractivity contribution < 1.29 is 9.84 Å². The van der Waals surface area contributed by atoms with Gasteiger partial charge in [-0.3, -0.25) is 4.90 Å². The lowest BCUT2D eigenvalue weighted by molar-refractivity contribution is -0.0445. The Morgan fingerprint density at radius 2 is 2.30 bits per heavy atom. The van der Waals surface area contributed by atoms with E-state index in [1.807, 2.05) is 12.1 Å². The number of aromatic hydroxyl groups is 1. The summed E-state index contributed by atoms with van der Waals surface area (Å²) in [5, 5.41) is 13.1. The van der Waals surface area contributed by atoms with E-state index >= 15 is 0 Å². The van der Waals surface area contributed by atoms with Crippen LogP contribution in [0, 0.1) is 0 Å². The van der Waals surface area contributed by atoms with Crippen molar-refractivity contribution in [3.05, 3.63) is 29.8 Å². The molecule has 0 saturated carbocycles. The molecule has 0 spiro atoms. The van der Waals surface area contributed by atoms with E-state index in [2.05, 4.69) is 30.1 Å². The van der Waals surface area contributed by atoms with Gasteiger partial charge in [-0.05, 0) is 37.2 Å². The van der Waals surface area contributed by atoms with Crippen molar-refractivity contribution in [2.75, 3.05) is 32.8 Å². The molecule has 0 radical (unpaired) electrons. The summed E-state index contributed by atoms with van der Waals surface area (Å²) in [5.41, 5.74) is 1.15. The molecule has 1 aromatic rings. The van der Waals surface area contributed by atoms with E-state index in [0.29, 0.717) is 5.75 Å². The first kappa shape index (κ1) is 15.3. The van der Waals surface area contributed by atoms with E-state index in [1.165, 1.54) is 0 Å². The molecule has 1 aliphatic heterocycles. The molecule has 1 aliphatic rings. The van der Waals surface area contributed by atoms with E-state index in [0.717, 1.165) is 44.8 Å². The van der Waals surface area contributed by atoms with Crippen molar-refractivity contribution >= 4 is 0 Å². The molecule has 4 nitrogen and oxygen atoms in total. The molecule has 4 heteroatoms. The lowest BCUT2D eigenvalue weighted by Gasteiger charge is -2.37. The molecule has 0 bridgehead atoms. The number of benzene rings is 1. The molecule has 1 heterocycles. The van der Waals surface area contributed by atoms with Crippen molar-refractivity contribution in [3.63, 3.8) is 0 Å². The van der Waals surface area contributed by atoms with Gasteiger partial charge in [-0.15, -0.1) is 0 Å². The summed E-state index contributed by atoms with van der Waals surface area (Å²) < 4.78 is 5.96. The van der Waals surface area contributed by atoms with Gasteiger partial charge in [0.2, 0.25) is 0 Å². The van der Waals surface area contributed by atoms with Crippen LogP contribution in [-0.2, 0) is 11.2 Å². The second-order valence-electron chi connectivity index (χ2n) is 5.34. The van der Waals surface area contributed by atoms with Gasteiger partial charge in [0.15, 0.2) is 0 Å². The third-order valence-corrected chi connectivity index (χ3v) is 3.91. The Labute approximate surface area is 121 Å². The van der Waals surface area contributed by atoms with Gasteiger partial charge in [-0.25, -0.2) is 0 Å². The van der Waals surface area contributed by atoms with Gasteiger partial charge in [0, 0.05) is 19.1 Å². The number of ether oxygens (including phenoxy) is 1. The Morgan fingerprint density at radius 3 is 3.00 bits per heavy atom. The monoisotopic (exact) mass is 278 g/mol. The predicted molar refractivity (Wildman–Crippen MR) is 81.1 cm³/mol. The molecule has 0 aliphatic carbocycles. The Hall–Kier alpha value is -1.10. The van der Waals surface area contributed by atoms with Crippen LogP contribution in [0.25, 0.3) is 0 Å². The molecule has 1 saturated heterocycles. The lowest BCUT2D eigenvalue weighted by Crippen LogP contribution is -2.53. The minimum absolute atomic E-state index is 0.214. The summed E-state index contributed by atoms with van der Waals surface area (Å²) in [6.07, 6.45) is 1.09. The largest absolute Gasteiger partial charge is 0.508 e. The minimum Gasteiger partial charge on any atom is -0.508 e. The van der Waals surface area contributed by atoms with E-state index < -0.39 is 0 Å². The number of morpholine rings is 1. The molecule has 2 rings (SSSR count). The van der Waals surface area contributed by atoms with Crippen LogP contribution >= 0.6 is 0 Å². The number of hydrogen-bond acceptors (Lipinski definition) is 4. The third kappa shape index (κ3) is 4.20. The molecule has 1 fully saturated rings. The summed E-state index contributed by atoms with van der Waals surface area (Å²) in [5.74, 6) is 0.331. The van der Waals surface area contributed by atoms with E-state index in [1.54, 1.807) is 6.07 Å². The van der Waals surface area contributed by atoms with Gasteiger partial charge in [0.05, 0.1) is 12.7 Å². The van der Waals surface area contributed by atoms with E-state index in [-0.39, 0.29) is 12.1 Å². The number of rotatable bonds is 6. The van der Waals surface area contributed by atoms with Crippen LogP contribution < -0.4 is 5.32 Å². The van der Waals surface area contributed by atoms with E-state index in [9.17, 15) is 5.11 Å². The molecular formula is C16H26N2O2. The highest BCUT2D eigenvalue weighted by atomic mass is 16.5. The van der Waals surface area contributed by atoms with Crippen LogP contribution in [-0.4, -0.2) is 54.9 Å². The highest BCUT2D eigenvalue weighted by Crippen LogP contribution is 2.16. The normalized spacial score (nSPS) is 21.8. The summed E-state index contributed by atoms with van der Waals surface area (Å²) in [6, 6.07) is 7.79. The second-order valence-corrected chi connectivity index (χ2v) is 5.34. The van der Waals surface area contributed by atoms with Crippen LogP contribution in [0.15, 0.2) is 24.3 Å². The topological polar surface area (TPSA) is 44.7 Å². The van der Waals surface area contributed by atoms with Crippen molar-refractivity contribution in [2.24, 2.45) is 0 Å². The lowest BCUT2D eigenvalue weighted by atomic mass is 9.99. The number of nitrogens with zero attached hydrogens (tertiary/aromatic N) is 1. The van der Waals surface area contributed by atoms with Gasteiger partial charge in [-0.1, -0.05) is 26.0 Å². The molecule has 112 valence electrons. The number of likely N-dealkylation sites (N-methyl/N-ethyl adjacent to an activating group) is 2. The van der Waals surface area contributed by atoms with Crippen LogP contribution in [0.1, 0.15) is 19.4 Å². The van der Waals surface area contributed by atoms with Crippen LogP contribution in [0.5, 0.6) is 5.75 Å². The quantitative estimate of drug-likeness (QED) is 0.830. The van der Waals surface area contributed by atoms with Gasteiger partial charge in [0.25, 0.3) is 0 Å². The van der Waals surface area contributed by atoms with Crippen molar-refractivity contribution in [3.8, 4) is 5.75 Å². The standard InChI is InChI=1S/C16H26N2O2/c1-3-17-15(11-13-6-5-7-14(19)10-13)16-12-18(4-2)8-9-20-16/h5-7,10,15-17,19H,3-4,8-9,11-12H2,1-2H3. The predicted octanol–water partition coefficient (Wildman–Crippen LogP) is 1.63. The van der Waals surface area contributed by atoms with Gasteiger partial charge in [-0.2, -0.15) is 0 Å². The maximum absolute atomic E-state index is 9.59. The number of hydrogen-bond donors (Lipinski definition) is 2. The zero-order chi connectivity index (χ0) is 14.4. The number of nitrogens with one attached hydrogen (secondary N) is 1. The molecule has 2 N–H and O–H groups in total. The van der Waals surface area contributed by atoms with E-state index in [4.69, 9.17) is 4.74 Å². The highest BCUT2D eigenvalue weighted by Gasteiger charge is 2.27. The molecule has 0 aromatic heterocycles. The minimum atomic E-state index is 0.214. The summed E-state index contributed by atoms with van der Waals surface area (Å²) in [6.45, 7) is 9.13. The highest BCUT2D eigenvalue weighted by molar-refractivity contribution is 5.27. The Kier molecular flexibility index (Phi) is 5.83. The molecule has 0 amide bonds. The number of phenolic OH excluding ortho intramolecular Hbond substituents is 1. The van der Waals surface area contributed by atoms with Gasteiger partial charge < -0.3 is 15.2 Å². The fourth-order valence-corrected chi connectivity index (χ4v) is 2.80. The molecule has 20 heavy (non-hydrogen) atoms. The first-order chi connectivity index (χ1) is 9.72. The Bertz CT molecular complexity index is 411. The molecule has 2 atom stereocenters.